The van der Waals surface area contributed by atoms with Crippen molar-refractivity contribution in [3.05, 3.63) is 29.8 Å². The average Bonchev–Trinajstić information content (AvgIpc) is 2.34. The zero-order chi connectivity index (χ0) is 17.3. The molecule has 2 rings (SSSR count). The first-order chi connectivity index (χ1) is 10.5. The second-order valence-electron chi connectivity index (χ2n) is 5.03. The van der Waals surface area contributed by atoms with Crippen LogP contribution in [0.3, 0.4) is 0 Å². The second-order valence-corrected chi connectivity index (χ2v) is 5.03. The topological polar surface area (TPSA) is 21.7 Å². The summed E-state index contributed by atoms with van der Waals surface area (Å²) in [5.74, 6) is -1.51. The molecule has 23 heavy (non-hydrogen) atoms. The van der Waals surface area contributed by atoms with Crippen LogP contribution in [0, 0.1) is 0 Å². The minimum absolute atomic E-state index is 0.208. The molecule has 1 aromatic rings. The van der Waals surface area contributed by atoms with Gasteiger partial charge in [-0.1, -0.05) is 6.08 Å². The van der Waals surface area contributed by atoms with Crippen molar-refractivity contribution in [2.75, 3.05) is 20.1 Å². The molecule has 1 aromatic carbocycles. The van der Waals surface area contributed by atoms with Gasteiger partial charge in [-0.15, -0.1) is 26.3 Å². The number of nitrogens with zero attached hydrogens (tertiary/aromatic N) is 1. The molecule has 0 saturated carbocycles. The van der Waals surface area contributed by atoms with Gasteiger partial charge in [0.2, 0.25) is 0 Å². The number of benzene rings is 1. The third-order valence-corrected chi connectivity index (χ3v) is 3.13. The summed E-state index contributed by atoms with van der Waals surface area (Å²) in [4.78, 5) is 1.96. The van der Waals surface area contributed by atoms with Crippen LogP contribution in [0.4, 0.5) is 26.3 Å². The summed E-state index contributed by atoms with van der Waals surface area (Å²) in [6, 6.07) is 2.65. The van der Waals surface area contributed by atoms with Gasteiger partial charge in [0.15, 0.2) is 0 Å². The van der Waals surface area contributed by atoms with Gasteiger partial charge in [-0.3, -0.25) is 0 Å². The molecule has 0 aromatic heterocycles. The number of alkyl halides is 6. The van der Waals surface area contributed by atoms with E-state index in [2.05, 4.69) is 9.47 Å². The van der Waals surface area contributed by atoms with Crippen molar-refractivity contribution in [2.24, 2.45) is 0 Å². The van der Waals surface area contributed by atoms with Crippen LogP contribution < -0.4 is 9.47 Å². The number of hydrogen-bond acceptors (Lipinski definition) is 3. The number of halogens is 6. The Hall–Kier alpha value is -1.90. The summed E-state index contributed by atoms with van der Waals surface area (Å²) < 4.78 is 81.4. The maximum absolute atomic E-state index is 12.3. The molecule has 1 heterocycles. The lowest BCUT2D eigenvalue weighted by Crippen LogP contribution is -2.24. The van der Waals surface area contributed by atoms with Crippen molar-refractivity contribution in [1.29, 1.82) is 0 Å². The quantitative estimate of drug-likeness (QED) is 0.769. The van der Waals surface area contributed by atoms with E-state index in [1.807, 2.05) is 11.9 Å². The lowest BCUT2D eigenvalue weighted by molar-refractivity contribution is -0.276. The number of likely N-dealkylation sites (N-methyl/N-ethyl adjacent to an activating group) is 1. The number of hydrogen-bond donors (Lipinski definition) is 0. The molecule has 0 N–H and O–H groups in total. The molecule has 3 nitrogen and oxygen atoms in total. The Labute approximate surface area is 128 Å². The van der Waals surface area contributed by atoms with E-state index >= 15 is 0 Å². The van der Waals surface area contributed by atoms with Gasteiger partial charge in [-0.2, -0.15) is 0 Å². The van der Waals surface area contributed by atoms with Gasteiger partial charge < -0.3 is 14.4 Å². The van der Waals surface area contributed by atoms with E-state index in [0.29, 0.717) is 31.1 Å². The monoisotopic (exact) mass is 341 g/mol. The van der Waals surface area contributed by atoms with Gasteiger partial charge in [-0.05, 0) is 36.7 Å². The van der Waals surface area contributed by atoms with E-state index in [0.717, 1.165) is 12.1 Å². The fraction of sp³-hybridized carbons (Fsp3) is 0.429. The molecule has 0 atom stereocenters. The lowest BCUT2D eigenvalue weighted by Gasteiger charge is -2.23. The van der Waals surface area contributed by atoms with Crippen LogP contribution in [0.15, 0.2) is 24.3 Å². The summed E-state index contributed by atoms with van der Waals surface area (Å²) >= 11 is 0. The van der Waals surface area contributed by atoms with Crippen LogP contribution in [-0.4, -0.2) is 37.8 Å². The Morgan fingerprint density at radius 3 is 1.83 bits per heavy atom. The molecule has 1 aliphatic heterocycles. The molecule has 128 valence electrons. The summed E-state index contributed by atoms with van der Waals surface area (Å²) in [6.45, 7) is 1.20. The van der Waals surface area contributed by atoms with Crippen molar-refractivity contribution < 1.29 is 35.8 Å². The highest BCUT2D eigenvalue weighted by molar-refractivity contribution is 5.69. The molecule has 0 amide bonds. The first-order valence-electron chi connectivity index (χ1n) is 6.56. The van der Waals surface area contributed by atoms with Crippen molar-refractivity contribution >= 4 is 5.57 Å². The van der Waals surface area contributed by atoms with E-state index in [4.69, 9.17) is 0 Å². The molecule has 0 fully saturated rings. The van der Waals surface area contributed by atoms with Crippen LogP contribution in [-0.2, 0) is 0 Å². The Balaban J connectivity index is 2.36. The average molecular weight is 341 g/mol. The first-order valence-corrected chi connectivity index (χ1v) is 6.56. The number of rotatable bonds is 3. The van der Waals surface area contributed by atoms with Crippen LogP contribution in [0.1, 0.15) is 12.0 Å². The molecule has 0 bridgehead atoms. The molecule has 0 radical (unpaired) electrons. The zero-order valence-corrected chi connectivity index (χ0v) is 12.0. The van der Waals surface area contributed by atoms with E-state index in [1.165, 1.54) is 0 Å². The van der Waals surface area contributed by atoms with Crippen molar-refractivity contribution in [1.82, 2.24) is 4.90 Å². The molecular weight excluding hydrogens is 328 g/mol. The largest absolute Gasteiger partial charge is 0.573 e. The van der Waals surface area contributed by atoms with Crippen molar-refractivity contribution in [2.45, 2.75) is 19.1 Å². The van der Waals surface area contributed by atoms with E-state index in [1.54, 1.807) is 6.08 Å². The smallest absolute Gasteiger partial charge is 0.406 e. The Bertz CT molecular complexity index is 560. The highest BCUT2D eigenvalue weighted by Crippen LogP contribution is 2.34. The first kappa shape index (κ1) is 17.5. The minimum atomic E-state index is -5.00. The normalized spacial score (nSPS) is 16.9. The highest BCUT2D eigenvalue weighted by atomic mass is 19.4. The zero-order valence-electron chi connectivity index (χ0n) is 12.0. The van der Waals surface area contributed by atoms with Gasteiger partial charge in [0, 0.05) is 19.2 Å². The van der Waals surface area contributed by atoms with Gasteiger partial charge in [0.25, 0.3) is 0 Å². The van der Waals surface area contributed by atoms with Crippen LogP contribution >= 0.6 is 0 Å². The molecule has 9 heteroatoms. The molecule has 1 aliphatic rings. The minimum Gasteiger partial charge on any atom is -0.406 e. The highest BCUT2D eigenvalue weighted by Gasteiger charge is 2.34. The maximum Gasteiger partial charge on any atom is 0.573 e. The van der Waals surface area contributed by atoms with E-state index < -0.39 is 24.2 Å². The Morgan fingerprint density at radius 1 is 0.913 bits per heavy atom. The predicted molar refractivity (Wildman–Crippen MR) is 69.9 cm³/mol. The third kappa shape index (κ3) is 5.66. The standard InChI is InChI=1S/C14H13F6NO2/c1-21-4-2-9(3-5-21)10-6-11(22-13(15,16)17)8-12(7-10)23-14(18,19)20/h2,6-8H,3-5H2,1H3. The maximum atomic E-state index is 12.3. The summed E-state index contributed by atoms with van der Waals surface area (Å²) in [5.41, 5.74) is 0.849. The third-order valence-electron chi connectivity index (χ3n) is 3.13. The molecule has 0 unspecified atom stereocenters. The molecule has 0 saturated heterocycles. The Kier molecular flexibility index (Phi) is 4.79. The molecular formula is C14H13F6NO2. The van der Waals surface area contributed by atoms with Gasteiger partial charge in [-0.25, -0.2) is 0 Å². The van der Waals surface area contributed by atoms with Crippen LogP contribution in [0.25, 0.3) is 5.57 Å². The van der Waals surface area contributed by atoms with Crippen molar-refractivity contribution in [3.63, 3.8) is 0 Å². The molecule has 0 spiro atoms. The van der Waals surface area contributed by atoms with E-state index in [9.17, 15) is 26.3 Å². The van der Waals surface area contributed by atoms with Gasteiger partial charge >= 0.3 is 12.7 Å². The molecule has 0 aliphatic carbocycles. The summed E-state index contributed by atoms with van der Waals surface area (Å²) in [7, 11) is 1.86. The summed E-state index contributed by atoms with van der Waals surface area (Å²) in [5, 5.41) is 0. The van der Waals surface area contributed by atoms with Crippen LogP contribution in [0.5, 0.6) is 11.5 Å². The van der Waals surface area contributed by atoms with E-state index in [-0.39, 0.29) is 5.56 Å². The second kappa shape index (κ2) is 6.31. The lowest BCUT2D eigenvalue weighted by atomic mass is 9.99. The van der Waals surface area contributed by atoms with Crippen LogP contribution in [0.2, 0.25) is 0 Å². The Morgan fingerprint density at radius 2 is 1.43 bits per heavy atom. The number of ether oxygens (including phenoxy) is 2. The van der Waals surface area contributed by atoms with Gasteiger partial charge in [0.05, 0.1) is 0 Å². The summed E-state index contributed by atoms with van der Waals surface area (Å²) in [6.07, 6.45) is -7.77. The van der Waals surface area contributed by atoms with Crippen molar-refractivity contribution in [3.8, 4) is 11.5 Å². The van der Waals surface area contributed by atoms with Gasteiger partial charge in [0.1, 0.15) is 11.5 Å². The fourth-order valence-electron chi connectivity index (χ4n) is 2.18. The SMILES string of the molecule is CN1CC=C(c2cc(OC(F)(F)F)cc(OC(F)(F)F)c2)CC1. The predicted octanol–water partition coefficient (Wildman–Crippen LogP) is 4.20. The fourth-order valence-corrected chi connectivity index (χ4v) is 2.18.